The molecule has 0 aliphatic carbocycles. The average molecular weight is 530 g/mol. The average Bonchev–Trinajstić information content (AvgIpc) is 3.56. The van der Waals surface area contributed by atoms with E-state index in [0.29, 0.717) is 19.8 Å². The third-order valence-electron chi connectivity index (χ3n) is 7.87. The minimum absolute atomic E-state index is 0.0484. The number of benzene rings is 1. The van der Waals surface area contributed by atoms with Crippen LogP contribution in [-0.2, 0) is 9.53 Å². The van der Waals surface area contributed by atoms with Crippen molar-refractivity contribution in [3.05, 3.63) is 59.5 Å². The molecule has 1 N–H and O–H groups in total. The molecular weight excluding hydrogens is 490 g/mol. The van der Waals surface area contributed by atoms with Gasteiger partial charge in [0.25, 0.3) is 0 Å². The number of H-pyrrole nitrogens is 1. The normalized spacial score (nSPS) is 14.8. The summed E-state index contributed by atoms with van der Waals surface area (Å²) in [5.41, 5.74) is 8.20. The molecular formula is C30H39N7O2. The molecule has 1 aliphatic rings. The first-order valence-corrected chi connectivity index (χ1v) is 13.9. The number of hydrogen-bond donors (Lipinski definition) is 1. The van der Waals surface area contributed by atoms with Crippen LogP contribution < -0.4 is 0 Å². The van der Waals surface area contributed by atoms with Crippen LogP contribution in [0.2, 0.25) is 0 Å². The highest BCUT2D eigenvalue weighted by molar-refractivity contribution is 5.79. The van der Waals surface area contributed by atoms with E-state index in [1.54, 1.807) is 6.33 Å². The number of aryl methyl sites for hydroxylation is 1. The van der Waals surface area contributed by atoms with E-state index in [4.69, 9.17) is 9.84 Å². The zero-order chi connectivity index (χ0) is 27.7. The van der Waals surface area contributed by atoms with Gasteiger partial charge in [-0.3, -0.25) is 14.8 Å². The van der Waals surface area contributed by atoms with Gasteiger partial charge in [0.05, 0.1) is 43.2 Å². The molecule has 1 aromatic carbocycles. The molecule has 5 rings (SSSR count). The molecule has 206 valence electrons. The number of hydrogen-bond acceptors (Lipinski definition) is 6. The quantitative estimate of drug-likeness (QED) is 0.316. The number of aromatic amines is 1. The van der Waals surface area contributed by atoms with Crippen molar-refractivity contribution in [3.63, 3.8) is 0 Å². The van der Waals surface area contributed by atoms with E-state index < -0.39 is 0 Å². The molecule has 0 bridgehead atoms. The zero-order valence-electron chi connectivity index (χ0n) is 23.8. The second kappa shape index (κ2) is 11.3. The Morgan fingerprint density at radius 3 is 2.46 bits per heavy atom. The van der Waals surface area contributed by atoms with Crippen LogP contribution in [0.5, 0.6) is 0 Å². The SMILES string of the molecule is CCN(CC)CC(=O)N(C1COC1)C(C)c1ccc(-c2n[nH]c(-c3cc(C)c4ncnn4c3)c2C(C)C)cc1. The number of likely N-dealkylation sites (N-methyl/N-ethyl adjacent to an activating group) is 1. The molecule has 9 heteroatoms. The predicted octanol–water partition coefficient (Wildman–Crippen LogP) is 4.85. The van der Waals surface area contributed by atoms with Crippen LogP contribution >= 0.6 is 0 Å². The molecule has 0 radical (unpaired) electrons. The van der Waals surface area contributed by atoms with Crippen LogP contribution in [0, 0.1) is 6.92 Å². The molecule has 4 aromatic rings. The molecule has 9 nitrogen and oxygen atoms in total. The lowest BCUT2D eigenvalue weighted by Gasteiger charge is -2.42. The highest BCUT2D eigenvalue weighted by Crippen LogP contribution is 2.36. The zero-order valence-corrected chi connectivity index (χ0v) is 23.8. The number of ether oxygens (including phenoxy) is 1. The number of fused-ring (bicyclic) bond motifs is 1. The van der Waals surface area contributed by atoms with Gasteiger partial charge in [-0.2, -0.15) is 10.2 Å². The molecule has 0 saturated carbocycles. The largest absolute Gasteiger partial charge is 0.377 e. The summed E-state index contributed by atoms with van der Waals surface area (Å²) in [6.07, 6.45) is 3.57. The van der Waals surface area contributed by atoms with E-state index >= 15 is 0 Å². The number of carbonyl (C=O) groups excluding carboxylic acids is 1. The van der Waals surface area contributed by atoms with Crippen molar-refractivity contribution in [2.45, 2.75) is 59.5 Å². The summed E-state index contributed by atoms with van der Waals surface area (Å²) < 4.78 is 7.27. The molecule has 4 heterocycles. The number of pyridine rings is 1. The molecule has 1 fully saturated rings. The van der Waals surface area contributed by atoms with Crippen LogP contribution in [0.3, 0.4) is 0 Å². The number of carbonyl (C=O) groups is 1. The predicted molar refractivity (Wildman–Crippen MR) is 152 cm³/mol. The molecule has 1 atom stereocenters. The van der Waals surface area contributed by atoms with Crippen molar-refractivity contribution in [2.75, 3.05) is 32.8 Å². The van der Waals surface area contributed by atoms with Gasteiger partial charge in [-0.05, 0) is 50.0 Å². The Labute approximate surface area is 230 Å². The maximum Gasteiger partial charge on any atom is 0.237 e. The van der Waals surface area contributed by atoms with Gasteiger partial charge in [0, 0.05) is 22.9 Å². The Kier molecular flexibility index (Phi) is 7.81. The second-order valence-corrected chi connectivity index (χ2v) is 10.7. The smallest absolute Gasteiger partial charge is 0.237 e. The highest BCUT2D eigenvalue weighted by atomic mass is 16.5. The van der Waals surface area contributed by atoms with Gasteiger partial charge in [0.1, 0.15) is 6.33 Å². The molecule has 1 saturated heterocycles. The van der Waals surface area contributed by atoms with E-state index in [0.717, 1.165) is 57.9 Å². The first-order chi connectivity index (χ1) is 18.8. The monoisotopic (exact) mass is 529 g/mol. The minimum atomic E-state index is -0.0484. The van der Waals surface area contributed by atoms with Crippen molar-refractivity contribution in [3.8, 4) is 22.5 Å². The summed E-state index contributed by atoms with van der Waals surface area (Å²) in [7, 11) is 0. The molecule has 1 aliphatic heterocycles. The lowest BCUT2D eigenvalue weighted by molar-refractivity contribution is -0.150. The van der Waals surface area contributed by atoms with Crippen molar-refractivity contribution < 1.29 is 9.53 Å². The summed E-state index contributed by atoms with van der Waals surface area (Å²) in [4.78, 5) is 21.9. The summed E-state index contributed by atoms with van der Waals surface area (Å²) in [5, 5.41) is 12.4. The maximum atomic E-state index is 13.4. The Hall–Kier alpha value is -3.56. The van der Waals surface area contributed by atoms with Crippen LogP contribution in [0.4, 0.5) is 0 Å². The topological polar surface area (TPSA) is 91.6 Å². The summed E-state index contributed by atoms with van der Waals surface area (Å²) >= 11 is 0. The fourth-order valence-electron chi connectivity index (χ4n) is 5.50. The van der Waals surface area contributed by atoms with Crippen molar-refractivity contribution in [2.24, 2.45) is 0 Å². The summed E-state index contributed by atoms with van der Waals surface area (Å²) in [6, 6.07) is 10.7. The minimum Gasteiger partial charge on any atom is -0.377 e. The fourth-order valence-corrected chi connectivity index (χ4v) is 5.50. The van der Waals surface area contributed by atoms with E-state index in [2.05, 4.69) is 85.0 Å². The number of nitrogens with one attached hydrogen (secondary N) is 1. The van der Waals surface area contributed by atoms with Gasteiger partial charge < -0.3 is 9.64 Å². The van der Waals surface area contributed by atoms with Gasteiger partial charge in [0.2, 0.25) is 5.91 Å². The van der Waals surface area contributed by atoms with Gasteiger partial charge in [0.15, 0.2) is 5.65 Å². The molecule has 39 heavy (non-hydrogen) atoms. The van der Waals surface area contributed by atoms with E-state index in [1.165, 1.54) is 0 Å². The highest BCUT2D eigenvalue weighted by Gasteiger charge is 2.34. The second-order valence-electron chi connectivity index (χ2n) is 10.7. The molecule has 1 amide bonds. The van der Waals surface area contributed by atoms with E-state index in [1.807, 2.05) is 22.5 Å². The van der Waals surface area contributed by atoms with Crippen molar-refractivity contribution >= 4 is 11.6 Å². The Bertz CT molecular complexity index is 1430. The number of nitrogens with zero attached hydrogens (tertiary/aromatic N) is 6. The van der Waals surface area contributed by atoms with Crippen LogP contribution in [0.25, 0.3) is 28.2 Å². The van der Waals surface area contributed by atoms with Gasteiger partial charge in [-0.25, -0.2) is 9.50 Å². The third kappa shape index (κ3) is 5.21. The Morgan fingerprint density at radius 1 is 1.13 bits per heavy atom. The van der Waals surface area contributed by atoms with Gasteiger partial charge in [-0.1, -0.05) is 52.0 Å². The lowest BCUT2D eigenvalue weighted by Crippen LogP contribution is -2.54. The number of rotatable bonds is 10. The maximum absolute atomic E-state index is 13.4. The first-order valence-electron chi connectivity index (χ1n) is 13.9. The number of aromatic nitrogens is 5. The van der Waals surface area contributed by atoms with Crippen LogP contribution in [-0.4, -0.2) is 79.4 Å². The van der Waals surface area contributed by atoms with Crippen molar-refractivity contribution in [1.29, 1.82) is 0 Å². The van der Waals surface area contributed by atoms with E-state index in [-0.39, 0.29) is 23.9 Å². The summed E-state index contributed by atoms with van der Waals surface area (Å²) in [5.74, 6) is 0.410. The molecule has 3 aromatic heterocycles. The lowest BCUT2D eigenvalue weighted by atomic mass is 9.93. The van der Waals surface area contributed by atoms with E-state index in [9.17, 15) is 4.79 Å². The molecule has 0 spiro atoms. The van der Waals surface area contributed by atoms with Gasteiger partial charge in [-0.15, -0.1) is 0 Å². The summed E-state index contributed by atoms with van der Waals surface area (Å²) in [6.45, 7) is 16.1. The van der Waals surface area contributed by atoms with Crippen LogP contribution in [0.1, 0.15) is 63.3 Å². The van der Waals surface area contributed by atoms with Crippen molar-refractivity contribution in [1.82, 2.24) is 34.6 Å². The first kappa shape index (κ1) is 27.0. The number of amides is 1. The third-order valence-corrected chi connectivity index (χ3v) is 7.87. The molecule has 1 unspecified atom stereocenters. The van der Waals surface area contributed by atoms with Crippen LogP contribution in [0.15, 0.2) is 42.9 Å². The standard InChI is InChI=1S/C30H39N7O2/c1-7-35(8-2)15-26(38)37(25-16-39-17-25)21(6)22-9-11-23(12-10-22)28-27(19(3)4)29(34-33-28)24-13-20(5)30-31-18-32-36(30)14-24/h9-14,18-19,21,25H,7-8,15-17H2,1-6H3,(H,33,34). The Morgan fingerprint density at radius 2 is 1.85 bits per heavy atom. The Balaban J connectivity index is 1.43. The van der Waals surface area contributed by atoms with Gasteiger partial charge >= 0.3 is 0 Å². The fraction of sp³-hybridized carbons (Fsp3) is 0.467.